The first-order valence-corrected chi connectivity index (χ1v) is 8.03. The van der Waals surface area contributed by atoms with Crippen LogP contribution in [0.4, 0.5) is 9.57 Å². The Morgan fingerprint density at radius 2 is 2.21 bits per heavy atom. The van der Waals surface area contributed by atoms with E-state index in [0.29, 0.717) is 10.3 Å². The highest BCUT2D eigenvalue weighted by atomic mass is 79.9. The van der Waals surface area contributed by atoms with Crippen molar-refractivity contribution in [3.63, 3.8) is 0 Å². The highest BCUT2D eigenvalue weighted by molar-refractivity contribution is 9.10. The van der Waals surface area contributed by atoms with Gasteiger partial charge < -0.3 is 4.90 Å². The first-order chi connectivity index (χ1) is 8.76. The molecule has 1 aliphatic heterocycles. The maximum absolute atomic E-state index is 12.6. The van der Waals surface area contributed by atoms with Gasteiger partial charge >= 0.3 is 10.2 Å². The molecule has 0 radical (unpaired) electrons. The van der Waals surface area contributed by atoms with Gasteiger partial charge in [-0.15, -0.1) is 3.89 Å². The van der Waals surface area contributed by atoms with Crippen molar-refractivity contribution in [1.82, 2.24) is 4.98 Å². The van der Waals surface area contributed by atoms with E-state index in [1.54, 1.807) is 6.07 Å². The Kier molecular flexibility index (Phi) is 4.12. The minimum atomic E-state index is -4.58. The van der Waals surface area contributed by atoms with Crippen LogP contribution in [0.2, 0.25) is 5.15 Å². The van der Waals surface area contributed by atoms with Crippen molar-refractivity contribution in [2.24, 2.45) is 5.92 Å². The lowest BCUT2D eigenvalue weighted by Gasteiger charge is -2.17. The summed E-state index contributed by atoms with van der Waals surface area (Å²) in [5.41, 5.74) is 0.494. The molecule has 1 aromatic heterocycles. The Bertz CT molecular complexity index is 625. The summed E-state index contributed by atoms with van der Waals surface area (Å²) >= 11 is 8.89. The molecular formula is C10H9BrClFN2O3S. The number of halogens is 3. The van der Waals surface area contributed by atoms with Gasteiger partial charge in [0, 0.05) is 18.9 Å². The Morgan fingerprint density at radius 3 is 2.79 bits per heavy atom. The topological polar surface area (TPSA) is 67.3 Å². The lowest BCUT2D eigenvalue weighted by Crippen LogP contribution is -2.26. The maximum atomic E-state index is 12.6. The van der Waals surface area contributed by atoms with Crippen LogP contribution in [0.3, 0.4) is 0 Å². The second kappa shape index (κ2) is 5.34. The fourth-order valence-electron chi connectivity index (χ4n) is 2.01. The second-order valence-electron chi connectivity index (χ2n) is 4.22. The SMILES string of the molecule is O=C1CC(CS(=O)(=O)F)CN1c1ccc(Cl)nc1Br. The van der Waals surface area contributed by atoms with Crippen LogP contribution in [0.5, 0.6) is 0 Å². The molecule has 19 heavy (non-hydrogen) atoms. The second-order valence-corrected chi connectivity index (χ2v) is 6.77. The van der Waals surface area contributed by atoms with Gasteiger partial charge in [0.05, 0.1) is 11.4 Å². The fourth-order valence-corrected chi connectivity index (χ4v) is 3.59. The Hall–Kier alpha value is -0.730. The minimum Gasteiger partial charge on any atom is -0.310 e. The average Bonchev–Trinajstić information content (AvgIpc) is 2.56. The summed E-state index contributed by atoms with van der Waals surface area (Å²) in [5, 5.41) is 0.269. The van der Waals surface area contributed by atoms with Crippen LogP contribution in [0.15, 0.2) is 16.7 Å². The molecule has 1 aliphatic rings. The summed E-state index contributed by atoms with van der Waals surface area (Å²) < 4.78 is 34.2. The normalized spacial score (nSPS) is 20.1. The van der Waals surface area contributed by atoms with Crippen molar-refractivity contribution in [3.8, 4) is 0 Å². The fraction of sp³-hybridized carbons (Fsp3) is 0.400. The quantitative estimate of drug-likeness (QED) is 0.603. The summed E-state index contributed by atoms with van der Waals surface area (Å²) in [7, 11) is -4.58. The van der Waals surface area contributed by atoms with Crippen molar-refractivity contribution in [2.75, 3.05) is 17.2 Å². The predicted molar refractivity (Wildman–Crippen MR) is 72.3 cm³/mol. The number of hydrogen-bond acceptors (Lipinski definition) is 4. The van der Waals surface area contributed by atoms with Crippen molar-refractivity contribution >= 4 is 49.3 Å². The molecule has 9 heteroatoms. The summed E-state index contributed by atoms with van der Waals surface area (Å²) in [5.74, 6) is -1.46. The third-order valence-electron chi connectivity index (χ3n) is 2.73. The Balaban J connectivity index is 2.20. The van der Waals surface area contributed by atoms with Crippen LogP contribution < -0.4 is 4.90 Å². The molecule has 0 aliphatic carbocycles. The first kappa shape index (κ1) is 14.7. The molecule has 2 heterocycles. The number of rotatable bonds is 3. The van der Waals surface area contributed by atoms with Gasteiger partial charge in [-0.2, -0.15) is 8.42 Å². The number of carbonyl (C=O) groups is 1. The lowest BCUT2D eigenvalue weighted by atomic mass is 10.1. The van der Waals surface area contributed by atoms with Gasteiger partial charge in [-0.1, -0.05) is 11.6 Å². The lowest BCUT2D eigenvalue weighted by molar-refractivity contribution is -0.117. The third kappa shape index (κ3) is 3.64. The van der Waals surface area contributed by atoms with E-state index in [9.17, 15) is 17.1 Å². The zero-order chi connectivity index (χ0) is 14.2. The monoisotopic (exact) mass is 370 g/mol. The van der Waals surface area contributed by atoms with Crippen molar-refractivity contribution < 1.29 is 17.1 Å². The number of pyridine rings is 1. The number of aromatic nitrogens is 1. The van der Waals surface area contributed by atoms with E-state index in [-0.39, 0.29) is 24.0 Å². The molecule has 2 rings (SSSR count). The van der Waals surface area contributed by atoms with Gasteiger partial charge in [-0.05, 0) is 28.1 Å². The van der Waals surface area contributed by atoms with Crippen LogP contribution in [-0.4, -0.2) is 31.6 Å². The van der Waals surface area contributed by atoms with Crippen molar-refractivity contribution in [3.05, 3.63) is 21.9 Å². The zero-order valence-corrected chi connectivity index (χ0v) is 12.7. The summed E-state index contributed by atoms with van der Waals surface area (Å²) in [4.78, 5) is 17.2. The summed E-state index contributed by atoms with van der Waals surface area (Å²) in [6, 6.07) is 3.12. The number of anilines is 1. The summed E-state index contributed by atoms with van der Waals surface area (Å²) in [6.45, 7) is 0.143. The molecule has 0 bridgehead atoms. The number of hydrogen-bond donors (Lipinski definition) is 0. The number of nitrogens with zero attached hydrogens (tertiary/aromatic N) is 2. The number of amides is 1. The molecule has 1 amide bonds. The highest BCUT2D eigenvalue weighted by Gasteiger charge is 2.34. The molecular weight excluding hydrogens is 363 g/mol. The largest absolute Gasteiger partial charge is 0.310 e. The van der Waals surface area contributed by atoms with Gasteiger partial charge in [-0.25, -0.2) is 4.98 Å². The van der Waals surface area contributed by atoms with Gasteiger partial charge in [0.25, 0.3) is 0 Å². The Morgan fingerprint density at radius 1 is 1.53 bits per heavy atom. The minimum absolute atomic E-state index is 0.00177. The third-order valence-corrected chi connectivity index (χ3v) is 4.39. The molecule has 1 fully saturated rings. The van der Waals surface area contributed by atoms with Gasteiger partial charge in [0.1, 0.15) is 9.76 Å². The van der Waals surface area contributed by atoms with Crippen LogP contribution in [0.1, 0.15) is 6.42 Å². The summed E-state index contributed by atoms with van der Waals surface area (Å²) in [6.07, 6.45) is -0.00177. The standard InChI is InChI=1S/C10H9BrClFN2O3S/c11-10-7(1-2-8(12)14-10)15-4-6(3-9(15)16)5-19(13,17)18/h1-2,6H,3-5H2. The van der Waals surface area contributed by atoms with Gasteiger partial charge in [-0.3, -0.25) is 4.79 Å². The van der Waals surface area contributed by atoms with E-state index in [2.05, 4.69) is 20.9 Å². The molecule has 104 valence electrons. The van der Waals surface area contributed by atoms with E-state index in [0.717, 1.165) is 0 Å². The molecule has 1 unspecified atom stereocenters. The van der Waals surface area contributed by atoms with Crippen LogP contribution in [0, 0.1) is 5.92 Å². The zero-order valence-electron chi connectivity index (χ0n) is 9.51. The molecule has 0 aromatic carbocycles. The molecule has 5 nitrogen and oxygen atoms in total. The van der Waals surface area contributed by atoms with E-state index in [1.807, 2.05) is 0 Å². The molecule has 0 saturated carbocycles. The Labute approximate surface area is 123 Å². The van der Waals surface area contributed by atoms with Gasteiger partial charge in [0.15, 0.2) is 0 Å². The highest BCUT2D eigenvalue weighted by Crippen LogP contribution is 2.31. The molecule has 1 atom stereocenters. The van der Waals surface area contributed by atoms with Crippen LogP contribution in [-0.2, 0) is 15.0 Å². The average molecular weight is 372 g/mol. The van der Waals surface area contributed by atoms with E-state index < -0.39 is 21.9 Å². The number of carbonyl (C=O) groups excluding carboxylic acids is 1. The molecule has 0 spiro atoms. The molecule has 0 N–H and O–H groups in total. The van der Waals surface area contributed by atoms with Crippen molar-refractivity contribution in [2.45, 2.75) is 6.42 Å². The van der Waals surface area contributed by atoms with E-state index in [1.165, 1.54) is 11.0 Å². The molecule has 1 aromatic rings. The van der Waals surface area contributed by atoms with Crippen molar-refractivity contribution in [1.29, 1.82) is 0 Å². The first-order valence-electron chi connectivity index (χ1n) is 5.31. The van der Waals surface area contributed by atoms with E-state index >= 15 is 0 Å². The van der Waals surface area contributed by atoms with Crippen LogP contribution in [0.25, 0.3) is 0 Å². The van der Waals surface area contributed by atoms with Crippen LogP contribution >= 0.6 is 27.5 Å². The van der Waals surface area contributed by atoms with E-state index in [4.69, 9.17) is 11.6 Å². The molecule has 1 saturated heterocycles. The smallest absolute Gasteiger partial charge is 0.302 e. The predicted octanol–water partition coefficient (Wildman–Crippen LogP) is 2.15. The maximum Gasteiger partial charge on any atom is 0.302 e. The van der Waals surface area contributed by atoms with Gasteiger partial charge in [0.2, 0.25) is 5.91 Å².